The normalized spacial score (nSPS) is 16.6. The van der Waals surface area contributed by atoms with Crippen molar-refractivity contribution >= 4 is 22.7 Å². The Bertz CT molecular complexity index is 966. The number of hydrogen-bond acceptors (Lipinski definition) is 0. The topological polar surface area (TPSA) is 2.70 Å². The van der Waals surface area contributed by atoms with Crippen molar-refractivity contribution in [2.24, 2.45) is 0 Å². The molecular weight excluding hydrogens is 339 g/mol. The Morgan fingerprint density at radius 3 is 1.43 bits per heavy atom. The van der Waals surface area contributed by atoms with Crippen LogP contribution in [0.5, 0.6) is 0 Å². The van der Waals surface area contributed by atoms with E-state index >= 15 is 0 Å². The summed E-state index contributed by atoms with van der Waals surface area (Å²) in [5.41, 5.74) is 10.8. The highest BCUT2D eigenvalue weighted by Crippen LogP contribution is 2.39. The van der Waals surface area contributed by atoms with Gasteiger partial charge in [0.05, 0.1) is 7.11 Å². The van der Waals surface area contributed by atoms with Crippen LogP contribution in [0.3, 0.4) is 0 Å². The highest BCUT2D eigenvalue weighted by molar-refractivity contribution is 7.12. The summed E-state index contributed by atoms with van der Waals surface area (Å²) >= 11 is 0. The maximum atomic E-state index is 3.57. The van der Waals surface area contributed by atoms with Gasteiger partial charge in [-0.05, 0) is 33.3 Å². The molecule has 0 radical (unpaired) electrons. The first-order chi connectivity index (χ1) is 13.4. The molecule has 0 spiro atoms. The average molecular weight is 368 g/mol. The Morgan fingerprint density at radius 2 is 1.00 bits per heavy atom. The molecule has 1 aliphatic rings. The lowest BCUT2D eigenvalue weighted by Gasteiger charge is -2.43. The third kappa shape index (κ3) is 2.93. The third-order valence-electron chi connectivity index (χ3n) is 6.37. The monoisotopic (exact) mass is 368 g/mol. The van der Waals surface area contributed by atoms with Crippen molar-refractivity contribution in [1.82, 2.24) is 0 Å². The number of aryl methyl sites for hydroxylation is 3. The van der Waals surface area contributed by atoms with Gasteiger partial charge in [-0.3, -0.25) is 0 Å². The van der Waals surface area contributed by atoms with E-state index in [4.69, 9.17) is 0 Å². The lowest BCUT2D eigenvalue weighted by Crippen LogP contribution is -2.64. The molecule has 1 heterocycles. The van der Waals surface area contributed by atoms with Crippen LogP contribution in [-0.2, 0) is 4.28 Å². The second kappa shape index (κ2) is 7.11. The zero-order valence-electron chi connectivity index (χ0n) is 17.6. The second-order valence-corrected chi connectivity index (χ2v) is 8.50. The van der Waals surface area contributed by atoms with Gasteiger partial charge in [-0.25, -0.2) is 0 Å². The van der Waals surface area contributed by atoms with E-state index in [2.05, 4.69) is 112 Å². The molecular formula is C26H29BO. The fourth-order valence-corrected chi connectivity index (χ4v) is 4.97. The molecule has 0 N–H and O–H groups in total. The van der Waals surface area contributed by atoms with Gasteiger partial charge in [-0.2, -0.15) is 0 Å². The molecule has 0 aromatic heterocycles. The van der Waals surface area contributed by atoms with Crippen molar-refractivity contribution in [1.29, 1.82) is 0 Å². The lowest BCUT2D eigenvalue weighted by atomic mass is 9.27. The van der Waals surface area contributed by atoms with E-state index < -0.39 is 6.35 Å². The average Bonchev–Trinajstić information content (AvgIpc) is 2.94. The summed E-state index contributed by atoms with van der Waals surface area (Å²) in [6.07, 6.45) is -1.26. The van der Waals surface area contributed by atoms with E-state index in [0.29, 0.717) is 0 Å². The van der Waals surface area contributed by atoms with Crippen molar-refractivity contribution in [2.75, 3.05) is 13.7 Å². The molecule has 142 valence electrons. The van der Waals surface area contributed by atoms with Gasteiger partial charge in [-0.15, -0.1) is 10.9 Å². The van der Waals surface area contributed by atoms with Crippen LogP contribution in [0.4, 0.5) is 0 Å². The second-order valence-electron chi connectivity index (χ2n) is 8.50. The van der Waals surface area contributed by atoms with Crippen LogP contribution in [-0.4, -0.2) is 20.1 Å². The Kier molecular flexibility index (Phi) is 4.77. The summed E-state index contributed by atoms with van der Waals surface area (Å²) in [7, 11) is 2.20. The maximum absolute atomic E-state index is 3.57. The van der Waals surface area contributed by atoms with Crippen LogP contribution < -0.4 is 10.9 Å². The molecule has 0 bridgehead atoms. The molecule has 0 saturated heterocycles. The van der Waals surface area contributed by atoms with Gasteiger partial charge >= 0.3 is 6.35 Å². The third-order valence-corrected chi connectivity index (χ3v) is 6.37. The first kappa shape index (κ1) is 18.8. The molecule has 1 aliphatic heterocycles. The van der Waals surface area contributed by atoms with Crippen molar-refractivity contribution in [3.05, 3.63) is 101 Å². The minimum absolute atomic E-state index is 0.908. The zero-order valence-corrected chi connectivity index (χ0v) is 17.6. The summed E-state index contributed by atoms with van der Waals surface area (Å²) in [4.78, 5) is 0. The Labute approximate surface area is 169 Å². The fraction of sp³-hybridized carbons (Fsp3) is 0.231. The van der Waals surface area contributed by atoms with Crippen LogP contribution in [0.25, 0.3) is 5.47 Å². The molecule has 28 heavy (non-hydrogen) atoms. The van der Waals surface area contributed by atoms with E-state index in [1.165, 1.54) is 44.2 Å². The maximum Gasteiger partial charge on any atom is 0.377 e. The minimum Gasteiger partial charge on any atom is -0.659 e. The van der Waals surface area contributed by atoms with E-state index in [-0.39, 0.29) is 0 Å². The van der Waals surface area contributed by atoms with Gasteiger partial charge in [-0.1, -0.05) is 101 Å². The largest absolute Gasteiger partial charge is 0.659 e. The first-order valence-corrected chi connectivity index (χ1v) is 10.1. The van der Waals surface area contributed by atoms with Crippen LogP contribution in [0, 0.1) is 20.8 Å². The van der Waals surface area contributed by atoms with Gasteiger partial charge in [0.2, 0.25) is 0 Å². The standard InChI is InChI=1S/C26H29BO/c1-19-6-12-23(13-7-19)26-22(4)18-28(5)27(26,24-14-8-20(2)9-15-24)25-16-10-21(3)11-17-25/h6-17H,18H2,1-5H3. The zero-order chi connectivity index (χ0) is 19.9. The van der Waals surface area contributed by atoms with Gasteiger partial charge in [0, 0.05) is 0 Å². The minimum atomic E-state index is -1.26. The molecule has 3 aromatic carbocycles. The number of rotatable bonds is 3. The van der Waals surface area contributed by atoms with Crippen molar-refractivity contribution in [3.63, 3.8) is 0 Å². The van der Waals surface area contributed by atoms with Crippen LogP contribution >= 0.6 is 0 Å². The molecule has 1 nitrogen and oxygen atoms in total. The summed E-state index contributed by atoms with van der Waals surface area (Å²) in [6.45, 7) is 9.65. The van der Waals surface area contributed by atoms with Crippen LogP contribution in [0.2, 0.25) is 0 Å². The van der Waals surface area contributed by atoms with Gasteiger partial charge < -0.3 is 4.28 Å². The quantitative estimate of drug-likeness (QED) is 0.458. The molecule has 0 aliphatic carbocycles. The molecule has 2 heteroatoms. The summed E-state index contributed by atoms with van der Waals surface area (Å²) in [5, 5.41) is 0. The lowest BCUT2D eigenvalue weighted by molar-refractivity contribution is 0.0845. The summed E-state index contributed by atoms with van der Waals surface area (Å²) in [6, 6.07) is 27.2. The predicted octanol–water partition coefficient (Wildman–Crippen LogP) is 4.88. The predicted molar refractivity (Wildman–Crippen MR) is 123 cm³/mol. The van der Waals surface area contributed by atoms with Crippen LogP contribution in [0.1, 0.15) is 29.2 Å². The molecule has 0 saturated carbocycles. The molecule has 0 unspecified atom stereocenters. The summed E-state index contributed by atoms with van der Waals surface area (Å²) in [5.74, 6) is 0. The smallest absolute Gasteiger partial charge is 0.377 e. The molecule has 0 fully saturated rings. The van der Waals surface area contributed by atoms with Crippen molar-refractivity contribution in [3.8, 4) is 0 Å². The summed E-state index contributed by atoms with van der Waals surface area (Å²) < 4.78 is 3.57. The Balaban J connectivity index is 2.03. The Hall–Kier alpha value is -2.58. The molecule has 0 atom stereocenters. The molecule has 3 aromatic rings. The van der Waals surface area contributed by atoms with Gasteiger partial charge in [0.15, 0.2) is 0 Å². The number of benzene rings is 3. The SMILES string of the molecule is CC1=C(c2ccc(C)cc2)[B-](c2ccc(C)cc2)(c2ccc(C)cc2)[O+](C)C1. The number of hydrogen-bond donors (Lipinski definition) is 0. The van der Waals surface area contributed by atoms with E-state index in [9.17, 15) is 0 Å². The van der Waals surface area contributed by atoms with Crippen molar-refractivity contribution in [2.45, 2.75) is 27.7 Å². The van der Waals surface area contributed by atoms with E-state index in [0.717, 1.165) is 6.61 Å². The van der Waals surface area contributed by atoms with Gasteiger partial charge in [0.25, 0.3) is 0 Å². The molecule has 4 rings (SSSR count). The van der Waals surface area contributed by atoms with Crippen LogP contribution in [0.15, 0.2) is 78.4 Å². The van der Waals surface area contributed by atoms with Gasteiger partial charge in [0.1, 0.15) is 6.61 Å². The van der Waals surface area contributed by atoms with E-state index in [1.807, 2.05) is 0 Å². The molecule has 0 amide bonds. The van der Waals surface area contributed by atoms with E-state index in [1.54, 1.807) is 0 Å². The highest BCUT2D eigenvalue weighted by atomic mass is 16.6. The first-order valence-electron chi connectivity index (χ1n) is 10.1. The highest BCUT2D eigenvalue weighted by Gasteiger charge is 2.50. The Morgan fingerprint density at radius 1 is 0.607 bits per heavy atom. The fourth-order valence-electron chi connectivity index (χ4n) is 4.97. The van der Waals surface area contributed by atoms with Crippen molar-refractivity contribution < 1.29 is 4.28 Å².